The lowest BCUT2D eigenvalue weighted by atomic mass is 10.2. The van der Waals surface area contributed by atoms with Crippen molar-refractivity contribution in [2.24, 2.45) is 7.05 Å². The SMILES string of the molecule is Cn1cccc1C(O)CNC(=O)C(=O)Nc1ccc(Cl)cc1. The minimum Gasteiger partial charge on any atom is -0.385 e. The van der Waals surface area contributed by atoms with E-state index in [4.69, 9.17) is 11.6 Å². The normalized spacial score (nSPS) is 11.8. The number of halogens is 1. The Bertz CT molecular complexity index is 667. The fraction of sp³-hybridized carbons (Fsp3) is 0.200. The number of amides is 2. The van der Waals surface area contributed by atoms with Crippen molar-refractivity contribution in [1.82, 2.24) is 9.88 Å². The zero-order valence-electron chi connectivity index (χ0n) is 11.9. The molecule has 6 nitrogen and oxygen atoms in total. The molecule has 0 aliphatic carbocycles. The highest BCUT2D eigenvalue weighted by molar-refractivity contribution is 6.39. The molecule has 0 aliphatic heterocycles. The van der Waals surface area contributed by atoms with Gasteiger partial charge >= 0.3 is 11.8 Å². The minimum atomic E-state index is -0.882. The molecule has 22 heavy (non-hydrogen) atoms. The summed E-state index contributed by atoms with van der Waals surface area (Å²) in [5, 5.41) is 15.3. The zero-order valence-corrected chi connectivity index (χ0v) is 12.7. The quantitative estimate of drug-likeness (QED) is 0.746. The molecule has 0 bridgehead atoms. The summed E-state index contributed by atoms with van der Waals surface area (Å²) < 4.78 is 1.74. The highest BCUT2D eigenvalue weighted by Gasteiger charge is 2.17. The van der Waals surface area contributed by atoms with E-state index in [0.717, 1.165) is 0 Å². The number of aromatic nitrogens is 1. The topological polar surface area (TPSA) is 83.4 Å². The van der Waals surface area contributed by atoms with Gasteiger partial charge in [0, 0.05) is 36.2 Å². The summed E-state index contributed by atoms with van der Waals surface area (Å²) in [5.74, 6) is -1.62. The number of aliphatic hydroxyl groups excluding tert-OH is 1. The van der Waals surface area contributed by atoms with Crippen LogP contribution in [0, 0.1) is 0 Å². The van der Waals surface area contributed by atoms with E-state index in [9.17, 15) is 14.7 Å². The van der Waals surface area contributed by atoms with Crippen LogP contribution in [-0.4, -0.2) is 28.0 Å². The third-order valence-corrected chi connectivity index (χ3v) is 3.34. The van der Waals surface area contributed by atoms with Crippen molar-refractivity contribution in [3.63, 3.8) is 0 Å². The van der Waals surface area contributed by atoms with Crippen LogP contribution < -0.4 is 10.6 Å². The predicted molar refractivity (Wildman–Crippen MR) is 83.5 cm³/mol. The van der Waals surface area contributed by atoms with Crippen LogP contribution in [0.25, 0.3) is 0 Å². The largest absolute Gasteiger partial charge is 0.385 e. The number of nitrogens with one attached hydrogen (secondary N) is 2. The molecular weight excluding hydrogens is 306 g/mol. The second-order valence-electron chi connectivity index (χ2n) is 4.73. The first kappa shape index (κ1) is 16.1. The average molecular weight is 322 g/mol. The van der Waals surface area contributed by atoms with Crippen LogP contribution in [-0.2, 0) is 16.6 Å². The van der Waals surface area contributed by atoms with Crippen LogP contribution in [0.2, 0.25) is 5.02 Å². The number of hydrogen-bond acceptors (Lipinski definition) is 3. The smallest absolute Gasteiger partial charge is 0.313 e. The second-order valence-corrected chi connectivity index (χ2v) is 5.17. The van der Waals surface area contributed by atoms with Crippen molar-refractivity contribution in [2.75, 3.05) is 11.9 Å². The number of anilines is 1. The summed E-state index contributed by atoms with van der Waals surface area (Å²) in [6.07, 6.45) is 0.903. The van der Waals surface area contributed by atoms with Gasteiger partial charge in [-0.25, -0.2) is 0 Å². The molecule has 0 spiro atoms. The predicted octanol–water partition coefficient (Wildman–Crippen LogP) is 1.47. The Morgan fingerprint density at radius 3 is 2.50 bits per heavy atom. The molecule has 1 aromatic carbocycles. The highest BCUT2D eigenvalue weighted by Crippen LogP contribution is 2.13. The van der Waals surface area contributed by atoms with Gasteiger partial charge in [0.15, 0.2) is 0 Å². The Morgan fingerprint density at radius 1 is 1.23 bits per heavy atom. The van der Waals surface area contributed by atoms with E-state index in [0.29, 0.717) is 16.4 Å². The Labute approximate surface area is 132 Å². The Balaban J connectivity index is 1.85. The number of benzene rings is 1. The number of nitrogens with zero attached hydrogens (tertiary/aromatic N) is 1. The van der Waals surface area contributed by atoms with Crippen LogP contribution in [0.3, 0.4) is 0 Å². The van der Waals surface area contributed by atoms with E-state index in [1.807, 2.05) is 0 Å². The Morgan fingerprint density at radius 2 is 1.91 bits per heavy atom. The van der Waals surface area contributed by atoms with Crippen LogP contribution in [0.15, 0.2) is 42.6 Å². The molecule has 7 heteroatoms. The average Bonchev–Trinajstić information content (AvgIpc) is 2.93. The first-order chi connectivity index (χ1) is 10.5. The van der Waals surface area contributed by atoms with Crippen LogP contribution in [0.5, 0.6) is 0 Å². The molecule has 3 N–H and O–H groups in total. The molecule has 1 heterocycles. The van der Waals surface area contributed by atoms with E-state index in [1.165, 1.54) is 0 Å². The lowest BCUT2D eigenvalue weighted by molar-refractivity contribution is -0.136. The molecule has 2 aromatic rings. The maximum absolute atomic E-state index is 11.7. The van der Waals surface area contributed by atoms with Crippen molar-refractivity contribution >= 4 is 29.1 Å². The fourth-order valence-electron chi connectivity index (χ4n) is 1.92. The van der Waals surface area contributed by atoms with Gasteiger partial charge in [0.2, 0.25) is 0 Å². The van der Waals surface area contributed by atoms with Gasteiger partial charge in [-0.2, -0.15) is 0 Å². The number of rotatable bonds is 4. The van der Waals surface area contributed by atoms with Crippen molar-refractivity contribution in [3.05, 3.63) is 53.3 Å². The van der Waals surface area contributed by atoms with Crippen molar-refractivity contribution in [1.29, 1.82) is 0 Å². The monoisotopic (exact) mass is 321 g/mol. The summed E-state index contributed by atoms with van der Waals surface area (Å²) in [5.41, 5.74) is 1.12. The van der Waals surface area contributed by atoms with Crippen molar-refractivity contribution in [2.45, 2.75) is 6.10 Å². The maximum Gasteiger partial charge on any atom is 0.313 e. The molecule has 1 aromatic heterocycles. The molecule has 116 valence electrons. The lowest BCUT2D eigenvalue weighted by Crippen LogP contribution is -2.37. The number of carbonyl (C=O) groups excluding carboxylic acids is 2. The van der Waals surface area contributed by atoms with E-state index in [1.54, 1.807) is 54.2 Å². The zero-order chi connectivity index (χ0) is 16.1. The van der Waals surface area contributed by atoms with Gasteiger partial charge in [-0.3, -0.25) is 9.59 Å². The minimum absolute atomic E-state index is 0.0509. The number of aliphatic hydroxyl groups is 1. The summed E-state index contributed by atoms with van der Waals surface area (Å²) in [6, 6.07) is 9.92. The van der Waals surface area contributed by atoms with Gasteiger partial charge < -0.3 is 20.3 Å². The van der Waals surface area contributed by atoms with E-state index in [2.05, 4.69) is 10.6 Å². The van der Waals surface area contributed by atoms with Gasteiger partial charge in [0.25, 0.3) is 0 Å². The molecule has 1 unspecified atom stereocenters. The molecule has 0 saturated carbocycles. The van der Waals surface area contributed by atoms with Crippen molar-refractivity contribution < 1.29 is 14.7 Å². The third kappa shape index (κ3) is 4.09. The molecular formula is C15H16ClN3O3. The summed E-state index contributed by atoms with van der Waals surface area (Å²) in [4.78, 5) is 23.4. The summed E-state index contributed by atoms with van der Waals surface area (Å²) >= 11 is 5.74. The van der Waals surface area contributed by atoms with Gasteiger partial charge in [0.05, 0.1) is 0 Å². The van der Waals surface area contributed by atoms with E-state index < -0.39 is 17.9 Å². The summed E-state index contributed by atoms with van der Waals surface area (Å²) in [7, 11) is 1.79. The fourth-order valence-corrected chi connectivity index (χ4v) is 2.04. The molecule has 0 radical (unpaired) electrons. The molecule has 2 amide bonds. The summed E-state index contributed by atoms with van der Waals surface area (Å²) in [6.45, 7) is -0.0509. The van der Waals surface area contributed by atoms with Crippen LogP contribution >= 0.6 is 11.6 Å². The molecule has 1 atom stereocenters. The standard InChI is InChI=1S/C15H16ClN3O3/c1-19-8-2-3-12(19)13(20)9-17-14(21)15(22)18-11-6-4-10(16)5-7-11/h2-8,13,20H,9H2,1H3,(H,17,21)(H,18,22). The van der Waals surface area contributed by atoms with Gasteiger partial charge in [-0.1, -0.05) is 11.6 Å². The van der Waals surface area contributed by atoms with Crippen molar-refractivity contribution in [3.8, 4) is 0 Å². The Hall–Kier alpha value is -2.31. The van der Waals surface area contributed by atoms with Crippen LogP contribution in [0.4, 0.5) is 5.69 Å². The first-order valence-corrected chi connectivity index (χ1v) is 6.99. The maximum atomic E-state index is 11.7. The number of carbonyl (C=O) groups is 2. The third-order valence-electron chi connectivity index (χ3n) is 3.09. The van der Waals surface area contributed by atoms with E-state index >= 15 is 0 Å². The Kier molecular flexibility index (Phi) is 5.19. The van der Waals surface area contributed by atoms with E-state index in [-0.39, 0.29) is 6.54 Å². The van der Waals surface area contributed by atoms with Crippen LogP contribution in [0.1, 0.15) is 11.8 Å². The number of hydrogen-bond donors (Lipinski definition) is 3. The number of aryl methyl sites for hydroxylation is 1. The van der Waals surface area contributed by atoms with Gasteiger partial charge in [-0.05, 0) is 36.4 Å². The highest BCUT2D eigenvalue weighted by atomic mass is 35.5. The van der Waals surface area contributed by atoms with Gasteiger partial charge in [0.1, 0.15) is 6.10 Å². The molecule has 0 saturated heterocycles. The second kappa shape index (κ2) is 7.11. The van der Waals surface area contributed by atoms with Gasteiger partial charge in [-0.15, -0.1) is 0 Å². The molecule has 2 rings (SSSR count). The first-order valence-electron chi connectivity index (χ1n) is 6.61. The lowest BCUT2D eigenvalue weighted by Gasteiger charge is -2.13. The molecule has 0 fully saturated rings. The molecule has 0 aliphatic rings.